The lowest BCUT2D eigenvalue weighted by Crippen LogP contribution is -2.46. The quantitative estimate of drug-likeness (QED) is 0.326. The highest BCUT2D eigenvalue weighted by Crippen LogP contribution is 2.44. The lowest BCUT2D eigenvalue weighted by atomic mass is 10.0. The molecule has 3 rings (SSSR count). The van der Waals surface area contributed by atoms with Crippen LogP contribution in [0.3, 0.4) is 0 Å². The Bertz CT molecular complexity index is 1190. The van der Waals surface area contributed by atoms with Crippen molar-refractivity contribution >= 4 is 23.1 Å². The van der Waals surface area contributed by atoms with Gasteiger partial charge in [0.25, 0.3) is 5.91 Å². The van der Waals surface area contributed by atoms with Gasteiger partial charge in [-0.1, -0.05) is 0 Å². The third kappa shape index (κ3) is 7.18. The number of thiazole rings is 1. The first-order valence-corrected chi connectivity index (χ1v) is 12.9. The predicted molar refractivity (Wildman–Crippen MR) is 133 cm³/mol. The second-order valence-electron chi connectivity index (χ2n) is 10.7. The summed E-state index contributed by atoms with van der Waals surface area (Å²) < 4.78 is 82.6. The second-order valence-corrected chi connectivity index (χ2v) is 11.7. The van der Waals surface area contributed by atoms with Crippen LogP contribution in [-0.2, 0) is 6.18 Å². The first-order valence-electron chi connectivity index (χ1n) is 12.1. The van der Waals surface area contributed by atoms with Crippen molar-refractivity contribution in [1.29, 1.82) is 0 Å². The van der Waals surface area contributed by atoms with Crippen LogP contribution in [0.4, 0.5) is 32.2 Å². The number of hydrogen-bond acceptors (Lipinski definition) is 8. The van der Waals surface area contributed by atoms with Gasteiger partial charge in [-0.3, -0.25) is 9.69 Å². The number of hydrogen-bond donors (Lipinski definition) is 4. The summed E-state index contributed by atoms with van der Waals surface area (Å²) >= 11 is 0.581. The van der Waals surface area contributed by atoms with E-state index in [0.29, 0.717) is 23.9 Å². The van der Waals surface area contributed by atoms with Crippen LogP contribution in [0, 0.1) is 0 Å². The highest BCUT2D eigenvalue weighted by atomic mass is 32.1. The van der Waals surface area contributed by atoms with Crippen LogP contribution in [0.5, 0.6) is 0 Å². The van der Waals surface area contributed by atoms with E-state index < -0.39 is 52.6 Å². The van der Waals surface area contributed by atoms with E-state index in [0.717, 1.165) is 32.9 Å². The molecule has 1 unspecified atom stereocenters. The van der Waals surface area contributed by atoms with E-state index in [1.807, 2.05) is 12.2 Å². The van der Waals surface area contributed by atoms with Crippen molar-refractivity contribution in [2.75, 3.05) is 18.4 Å². The molecule has 2 atom stereocenters. The molecule has 4 N–H and O–H groups in total. The van der Waals surface area contributed by atoms with Crippen molar-refractivity contribution in [2.45, 2.75) is 83.2 Å². The van der Waals surface area contributed by atoms with Crippen LogP contribution in [0.15, 0.2) is 12.3 Å². The molecule has 1 aliphatic rings. The Hall–Kier alpha value is -2.49. The van der Waals surface area contributed by atoms with Crippen LogP contribution >= 0.6 is 11.3 Å². The van der Waals surface area contributed by atoms with Crippen LogP contribution in [0.2, 0.25) is 0 Å². The fraction of sp³-hybridized carbons (Fsp3) is 0.625. The Kier molecular flexibility index (Phi) is 8.61. The Balaban J connectivity index is 2.13. The molecule has 218 valence electrons. The minimum Gasteiger partial charge on any atom is -0.389 e. The molecule has 0 aromatic carbocycles. The predicted octanol–water partition coefficient (Wildman–Crippen LogP) is 4.95. The molecule has 15 heteroatoms. The highest BCUT2D eigenvalue weighted by Gasteiger charge is 2.48. The molecule has 0 saturated carbocycles. The van der Waals surface area contributed by atoms with Gasteiger partial charge in [0.05, 0.1) is 16.0 Å². The molecular formula is C24H31F6N5O3S. The van der Waals surface area contributed by atoms with Crippen LogP contribution in [-0.4, -0.2) is 67.4 Å². The molecule has 8 nitrogen and oxygen atoms in total. The van der Waals surface area contributed by atoms with Crippen molar-refractivity contribution < 1.29 is 41.4 Å². The average Bonchev–Trinajstić information content (AvgIpc) is 3.41. The fourth-order valence-corrected chi connectivity index (χ4v) is 5.01. The number of pyridine rings is 1. The standard InChI is InChI=1S/C24H31F6N5O3S/c1-12-7-6-8-35(12)20(37)16-17(39-19(33-16)18(36)32-11-21(2,3)38)13-10-31-15(9-14(13)23(25,26)27)34-22(4,5)24(28,29)30/h9-10,12,20,37-38H,6-8,11H2,1-5H3,(H,31,34)(H,32,36)/t12-,20?/m0/s1. The number of likely N-dealkylation sites (tertiary alicyclic amines) is 1. The van der Waals surface area contributed by atoms with Crippen LogP contribution in [0.1, 0.15) is 74.7 Å². The molecule has 39 heavy (non-hydrogen) atoms. The molecule has 0 radical (unpaired) electrons. The summed E-state index contributed by atoms with van der Waals surface area (Å²) in [7, 11) is 0. The maximum Gasteiger partial charge on any atom is 0.417 e. The number of carbonyl (C=O) groups is 1. The minimum atomic E-state index is -5.02. The van der Waals surface area contributed by atoms with E-state index in [2.05, 4.69) is 15.3 Å². The Labute approximate surface area is 225 Å². The van der Waals surface area contributed by atoms with E-state index in [9.17, 15) is 41.4 Å². The number of anilines is 1. The summed E-state index contributed by atoms with van der Waals surface area (Å²) in [4.78, 5) is 22.2. The third-order valence-corrected chi connectivity index (χ3v) is 7.40. The zero-order valence-corrected chi connectivity index (χ0v) is 22.8. The number of carbonyl (C=O) groups excluding carboxylic acids is 1. The van der Waals surface area contributed by atoms with Gasteiger partial charge >= 0.3 is 12.4 Å². The molecule has 1 amide bonds. The SMILES string of the molecule is C[C@H]1CCCN1C(O)c1nc(C(=O)NCC(C)(C)O)sc1-c1cnc(NC(C)(C)C(F)(F)F)cc1C(F)(F)F. The number of amides is 1. The lowest BCUT2D eigenvalue weighted by molar-refractivity contribution is -0.168. The third-order valence-electron chi connectivity index (χ3n) is 6.30. The normalized spacial score (nSPS) is 18.3. The average molecular weight is 584 g/mol. The molecule has 0 aliphatic carbocycles. The maximum absolute atomic E-state index is 14.2. The molecule has 1 saturated heterocycles. The fourth-order valence-electron chi connectivity index (χ4n) is 3.98. The van der Waals surface area contributed by atoms with Gasteiger partial charge in [0.1, 0.15) is 17.1 Å². The van der Waals surface area contributed by atoms with Crippen molar-refractivity contribution in [2.24, 2.45) is 0 Å². The molecule has 2 aromatic rings. The van der Waals surface area contributed by atoms with E-state index in [-0.39, 0.29) is 28.2 Å². The van der Waals surface area contributed by atoms with Crippen molar-refractivity contribution in [3.63, 3.8) is 0 Å². The van der Waals surface area contributed by atoms with E-state index in [4.69, 9.17) is 0 Å². The molecule has 0 spiro atoms. The second kappa shape index (κ2) is 10.8. The van der Waals surface area contributed by atoms with Gasteiger partial charge in [-0.2, -0.15) is 26.3 Å². The number of aliphatic hydroxyl groups is 2. The van der Waals surface area contributed by atoms with Crippen LogP contribution in [0.25, 0.3) is 10.4 Å². The number of halogens is 6. The summed E-state index contributed by atoms with van der Waals surface area (Å²) in [6.07, 6.45) is -9.02. The van der Waals surface area contributed by atoms with Crippen molar-refractivity contribution in [3.8, 4) is 10.4 Å². The van der Waals surface area contributed by atoms with E-state index in [1.165, 1.54) is 13.8 Å². The zero-order chi connectivity index (χ0) is 29.6. The van der Waals surface area contributed by atoms with Gasteiger partial charge < -0.3 is 20.8 Å². The summed E-state index contributed by atoms with van der Waals surface area (Å²) in [5.74, 6) is -1.43. The molecule has 3 heterocycles. The van der Waals surface area contributed by atoms with Gasteiger partial charge in [-0.05, 0) is 53.5 Å². The van der Waals surface area contributed by atoms with Gasteiger partial charge in [-0.15, -0.1) is 11.3 Å². The Morgan fingerprint density at radius 2 is 1.85 bits per heavy atom. The van der Waals surface area contributed by atoms with Crippen molar-refractivity contribution in [1.82, 2.24) is 20.2 Å². The largest absolute Gasteiger partial charge is 0.417 e. The number of nitrogens with zero attached hydrogens (tertiary/aromatic N) is 3. The molecule has 1 fully saturated rings. The number of alkyl halides is 6. The molecular weight excluding hydrogens is 552 g/mol. The zero-order valence-electron chi connectivity index (χ0n) is 22.0. The van der Waals surface area contributed by atoms with Gasteiger partial charge in [0, 0.05) is 30.9 Å². The summed E-state index contributed by atoms with van der Waals surface area (Å²) in [5, 5.41) is 25.2. The van der Waals surface area contributed by atoms with Crippen molar-refractivity contribution in [3.05, 3.63) is 28.5 Å². The number of nitrogens with one attached hydrogen (secondary N) is 2. The van der Waals surface area contributed by atoms with Gasteiger partial charge in [-0.25, -0.2) is 9.97 Å². The first kappa shape index (κ1) is 31.0. The van der Waals surface area contributed by atoms with E-state index >= 15 is 0 Å². The number of aliphatic hydroxyl groups excluding tert-OH is 1. The molecule has 1 aliphatic heterocycles. The topological polar surface area (TPSA) is 111 Å². The highest BCUT2D eigenvalue weighted by molar-refractivity contribution is 7.17. The number of aromatic nitrogens is 2. The monoisotopic (exact) mass is 583 g/mol. The van der Waals surface area contributed by atoms with E-state index in [1.54, 1.807) is 4.90 Å². The number of rotatable bonds is 8. The summed E-state index contributed by atoms with van der Waals surface area (Å²) in [6.45, 7) is 6.53. The first-order chi connectivity index (χ1) is 17.7. The van der Waals surface area contributed by atoms with Crippen LogP contribution < -0.4 is 10.6 Å². The molecule has 0 bridgehead atoms. The smallest absolute Gasteiger partial charge is 0.389 e. The lowest BCUT2D eigenvalue weighted by Gasteiger charge is -2.30. The Morgan fingerprint density at radius 1 is 1.21 bits per heavy atom. The molecule has 2 aromatic heterocycles. The summed E-state index contributed by atoms with van der Waals surface area (Å²) in [6, 6.07) is 0.351. The minimum absolute atomic E-state index is 0.113. The van der Waals surface area contributed by atoms with Gasteiger partial charge in [0.2, 0.25) is 0 Å². The summed E-state index contributed by atoms with van der Waals surface area (Å²) in [5.41, 5.74) is -5.91. The Morgan fingerprint density at radius 3 is 2.36 bits per heavy atom. The maximum atomic E-state index is 14.2. The van der Waals surface area contributed by atoms with Gasteiger partial charge in [0.15, 0.2) is 11.2 Å².